The van der Waals surface area contributed by atoms with Crippen molar-refractivity contribution in [2.45, 2.75) is 131 Å². The molecule has 274 valence electrons. The van der Waals surface area contributed by atoms with Crippen LogP contribution in [-0.4, -0.2) is 6.71 Å². The molecule has 2 aliphatic heterocycles. The molecule has 0 saturated heterocycles. The van der Waals surface area contributed by atoms with Crippen LogP contribution in [0.3, 0.4) is 0 Å². The average molecular weight is 711 g/mol. The van der Waals surface area contributed by atoms with Gasteiger partial charge in [0.25, 0.3) is 6.71 Å². The fourth-order valence-corrected chi connectivity index (χ4v) is 7.13. The van der Waals surface area contributed by atoms with Gasteiger partial charge in [0.1, 0.15) is 0 Å². The quantitative estimate of drug-likeness (QED) is 0.165. The van der Waals surface area contributed by atoms with Gasteiger partial charge >= 0.3 is 0 Å². The van der Waals surface area contributed by atoms with E-state index in [2.05, 4.69) is 0 Å². The highest BCUT2D eigenvalue weighted by molar-refractivity contribution is 7.00. The molecule has 5 aromatic rings. The zero-order valence-corrected chi connectivity index (χ0v) is 34.4. The Labute approximate surface area is 335 Å². The Hall–Kier alpha value is -4.24. The molecule has 0 fully saturated rings. The van der Waals surface area contributed by atoms with Crippen molar-refractivity contribution >= 4 is 57.2 Å². The number of nitrogens with zero attached hydrogens (tertiary/aromatic N) is 2. The van der Waals surface area contributed by atoms with Gasteiger partial charge in [0.05, 0.1) is 13.7 Å². The zero-order chi connectivity index (χ0) is 47.3. The zero-order valence-electron chi connectivity index (χ0n) is 44.4. The van der Waals surface area contributed by atoms with Crippen molar-refractivity contribution in [2.24, 2.45) is 0 Å². The number of benzene rings is 5. The van der Waals surface area contributed by atoms with Gasteiger partial charge in [-0.3, -0.25) is 0 Å². The van der Waals surface area contributed by atoms with Gasteiger partial charge in [0.2, 0.25) is 0 Å². The first-order chi connectivity index (χ1) is 28.6. The summed E-state index contributed by atoms with van der Waals surface area (Å²) in [6.45, 7) is 28.4. The third-order valence-electron chi connectivity index (χ3n) is 10.3. The fourth-order valence-electron chi connectivity index (χ4n) is 7.13. The second-order valence-electron chi connectivity index (χ2n) is 20.0. The molecule has 0 aromatic heterocycles. The van der Waals surface area contributed by atoms with Gasteiger partial charge in [-0.05, 0) is 120 Å². The molecule has 0 N–H and O–H groups in total. The van der Waals surface area contributed by atoms with Crippen LogP contribution in [0, 0.1) is 0 Å². The maximum atomic E-state index is 10.3. The van der Waals surface area contributed by atoms with E-state index in [0.717, 1.165) is 0 Å². The summed E-state index contributed by atoms with van der Waals surface area (Å²) >= 11 is 0. The molecule has 53 heavy (non-hydrogen) atoms. The van der Waals surface area contributed by atoms with Crippen LogP contribution in [-0.2, 0) is 27.1 Å². The molecule has 0 bridgehead atoms. The molecule has 2 aliphatic rings. The molecule has 7 rings (SSSR count). The van der Waals surface area contributed by atoms with Gasteiger partial charge in [0.15, 0.2) is 0 Å². The first kappa shape index (κ1) is 26.5. The van der Waals surface area contributed by atoms with Gasteiger partial charge in [-0.2, -0.15) is 0 Å². The fraction of sp³-hybridized carbons (Fsp3) is 0.400. The topological polar surface area (TPSA) is 6.48 Å². The smallest absolute Gasteiger partial charge is 0.252 e. The Morgan fingerprint density at radius 2 is 0.679 bits per heavy atom. The van der Waals surface area contributed by atoms with E-state index in [0.29, 0.717) is 78.3 Å². The highest BCUT2D eigenvalue weighted by Gasteiger charge is 2.45. The molecular formula is C50H61BN2. The van der Waals surface area contributed by atoms with Crippen LogP contribution in [0.25, 0.3) is 0 Å². The molecule has 2 heterocycles. The van der Waals surface area contributed by atoms with Crippen LogP contribution in [0.2, 0.25) is 0 Å². The summed E-state index contributed by atoms with van der Waals surface area (Å²) < 4.78 is 97.4. The second kappa shape index (κ2) is 12.1. The van der Waals surface area contributed by atoms with Crippen molar-refractivity contribution in [3.8, 4) is 0 Å². The molecule has 3 heteroatoms. The standard InChI is InChI=1S/C50H61BN2/c1-46(2,3)32-16-22-37(23-17-32)52-41-26-20-34(48(7,8)9)28-39(41)51-40-29-35(49(10,11)12)21-27-42(40)53(38-24-18-33(19-25-38)47(4,5)6)44-31-36(50(13,14)15)30-43(52)45(44)51/h16-31H,1-15H3/i16D,17D,18D,19D,20D,21D,28D,29D,30D,31D. The molecule has 0 aliphatic carbocycles. The predicted octanol–water partition coefficient (Wildman–Crippen LogP) is 12.3. The summed E-state index contributed by atoms with van der Waals surface area (Å²) in [7, 11) is 0. The summed E-state index contributed by atoms with van der Waals surface area (Å²) in [5, 5.41) is 0. The van der Waals surface area contributed by atoms with Gasteiger partial charge in [-0.15, -0.1) is 0 Å². The van der Waals surface area contributed by atoms with Crippen molar-refractivity contribution in [3.05, 3.63) is 125 Å². The van der Waals surface area contributed by atoms with Crippen LogP contribution < -0.4 is 26.2 Å². The average Bonchev–Trinajstić information content (AvgIpc) is 3.05. The van der Waals surface area contributed by atoms with E-state index in [-0.39, 0.29) is 60.4 Å². The molecule has 0 unspecified atom stereocenters. The number of hydrogen-bond acceptors (Lipinski definition) is 2. The summed E-state index contributed by atoms with van der Waals surface area (Å²) in [4.78, 5) is 3.61. The SMILES string of the molecule is [2H]c1cc(N2c3cc([2H])c(C(C)(C)C)c([2H])c3B3c4c(cc([2H])c(C(C)(C)C)c4[2H])N(c4cc([2H])c(C(C)(C)C)c([2H])c4)c4c([2H])c(C(C)(C)C)c([2H])c2c43)cc([2H])c1C(C)(C)C. The van der Waals surface area contributed by atoms with E-state index in [1.54, 1.807) is 46.2 Å². The van der Waals surface area contributed by atoms with E-state index in [9.17, 15) is 13.7 Å². The first-order valence-electron chi connectivity index (χ1n) is 23.9. The number of hydrogen-bond donors (Lipinski definition) is 0. The molecule has 5 aromatic carbocycles. The monoisotopic (exact) mass is 711 g/mol. The van der Waals surface area contributed by atoms with E-state index in [4.69, 9.17) is 0 Å². The Bertz CT molecular complexity index is 2550. The van der Waals surface area contributed by atoms with Crippen molar-refractivity contribution in [1.82, 2.24) is 0 Å². The lowest BCUT2D eigenvalue weighted by molar-refractivity contribution is 0.589. The van der Waals surface area contributed by atoms with E-state index >= 15 is 0 Å². The normalized spacial score (nSPS) is 17.2. The minimum absolute atomic E-state index is 0.0337. The molecule has 0 radical (unpaired) electrons. The highest BCUT2D eigenvalue weighted by Crippen LogP contribution is 2.47. The lowest BCUT2D eigenvalue weighted by Crippen LogP contribution is -2.61. The Kier molecular flexibility index (Phi) is 6.08. The number of anilines is 6. The number of fused-ring (bicyclic) bond motifs is 4. The molecule has 0 saturated carbocycles. The summed E-state index contributed by atoms with van der Waals surface area (Å²) in [5.41, 5.74) is 3.00. The maximum Gasteiger partial charge on any atom is 0.252 e. The van der Waals surface area contributed by atoms with Crippen LogP contribution in [0.5, 0.6) is 0 Å². The van der Waals surface area contributed by atoms with Gasteiger partial charge in [0, 0.05) is 34.1 Å². The van der Waals surface area contributed by atoms with E-state index in [1.165, 1.54) is 0 Å². The molecular weight excluding hydrogens is 639 g/mol. The van der Waals surface area contributed by atoms with Gasteiger partial charge in [-0.25, -0.2) is 0 Å². The lowest BCUT2D eigenvalue weighted by Gasteiger charge is -2.45. The molecule has 0 amide bonds. The third-order valence-corrected chi connectivity index (χ3v) is 10.3. The van der Waals surface area contributed by atoms with Crippen molar-refractivity contribution < 1.29 is 13.7 Å². The Morgan fingerprint density at radius 1 is 0.377 bits per heavy atom. The summed E-state index contributed by atoms with van der Waals surface area (Å²) in [6, 6.07) is 11.2. The van der Waals surface area contributed by atoms with Crippen molar-refractivity contribution in [1.29, 1.82) is 0 Å². The summed E-state index contributed by atoms with van der Waals surface area (Å²) in [6.07, 6.45) is 0. The largest absolute Gasteiger partial charge is 0.311 e. The minimum atomic E-state index is -0.933. The van der Waals surface area contributed by atoms with Gasteiger partial charge in [-0.1, -0.05) is 152 Å². The van der Waals surface area contributed by atoms with Crippen LogP contribution >= 0.6 is 0 Å². The van der Waals surface area contributed by atoms with Crippen molar-refractivity contribution in [3.63, 3.8) is 0 Å². The van der Waals surface area contributed by atoms with Crippen LogP contribution in [0.15, 0.2) is 96.8 Å². The molecule has 0 spiro atoms. The highest BCUT2D eigenvalue weighted by atomic mass is 15.2. The van der Waals surface area contributed by atoms with E-state index in [1.807, 2.05) is 104 Å². The Morgan fingerprint density at radius 3 is 0.981 bits per heavy atom. The molecule has 2 nitrogen and oxygen atoms in total. The summed E-state index contributed by atoms with van der Waals surface area (Å²) in [5.74, 6) is 0. The minimum Gasteiger partial charge on any atom is -0.311 e. The van der Waals surface area contributed by atoms with Gasteiger partial charge < -0.3 is 9.80 Å². The second-order valence-corrected chi connectivity index (χ2v) is 20.0. The van der Waals surface area contributed by atoms with Crippen molar-refractivity contribution in [2.75, 3.05) is 9.80 Å². The number of rotatable bonds is 2. The van der Waals surface area contributed by atoms with Crippen LogP contribution in [0.1, 0.15) is 145 Å². The predicted molar refractivity (Wildman–Crippen MR) is 234 cm³/mol. The lowest BCUT2D eigenvalue weighted by atomic mass is 9.33. The first-order valence-corrected chi connectivity index (χ1v) is 18.9. The molecule has 0 atom stereocenters. The third kappa shape index (κ3) is 6.53. The Balaban J connectivity index is 1.81. The maximum absolute atomic E-state index is 10.3. The van der Waals surface area contributed by atoms with Crippen LogP contribution in [0.4, 0.5) is 34.1 Å². The van der Waals surface area contributed by atoms with E-state index < -0.39 is 33.8 Å².